The average Bonchev–Trinajstić information content (AvgIpc) is 2.91. The van der Waals surface area contributed by atoms with Crippen LogP contribution in [-0.4, -0.2) is 69.0 Å². The smallest absolute Gasteiger partial charge is 0.259 e. The second-order valence-electron chi connectivity index (χ2n) is 8.72. The maximum Gasteiger partial charge on any atom is 0.259 e. The zero-order valence-corrected chi connectivity index (χ0v) is 19.7. The molecule has 0 aliphatic carbocycles. The molecule has 1 saturated heterocycles. The molecule has 0 saturated carbocycles. The van der Waals surface area contributed by atoms with Gasteiger partial charge in [0, 0.05) is 68.0 Å². The third-order valence-corrected chi connectivity index (χ3v) is 6.54. The highest BCUT2D eigenvalue weighted by atomic mass is 19.1. The van der Waals surface area contributed by atoms with Crippen LogP contribution in [0.25, 0.3) is 22.0 Å². The van der Waals surface area contributed by atoms with Crippen LogP contribution in [-0.2, 0) is 6.42 Å². The van der Waals surface area contributed by atoms with Gasteiger partial charge in [-0.2, -0.15) is 0 Å². The molecule has 5 rings (SSSR count). The Morgan fingerprint density at radius 3 is 2.49 bits per heavy atom. The number of hydrogen-bond acceptors (Lipinski definition) is 7. The van der Waals surface area contributed by atoms with Crippen molar-refractivity contribution >= 4 is 22.3 Å². The minimum Gasteiger partial charge on any atom is -0.340 e. The predicted octanol–water partition coefficient (Wildman–Crippen LogP) is 3.44. The minimum atomic E-state index is -0.529. The van der Waals surface area contributed by atoms with E-state index in [9.17, 15) is 9.18 Å². The highest BCUT2D eigenvalue weighted by Gasteiger charge is 2.16. The van der Waals surface area contributed by atoms with Gasteiger partial charge in [0.05, 0.1) is 11.1 Å². The van der Waals surface area contributed by atoms with Gasteiger partial charge in [0.2, 0.25) is 0 Å². The van der Waals surface area contributed by atoms with E-state index in [-0.39, 0.29) is 16.6 Å². The molecule has 9 heteroatoms. The Bertz CT molecular complexity index is 1350. The monoisotopic (exact) mass is 473 g/mol. The molecular weight excluding hydrogens is 445 g/mol. The molecule has 3 aromatic heterocycles. The van der Waals surface area contributed by atoms with Crippen molar-refractivity contribution in [1.29, 1.82) is 0 Å². The Hall–Kier alpha value is -3.69. The summed E-state index contributed by atoms with van der Waals surface area (Å²) < 4.78 is 14.7. The Morgan fingerprint density at radius 2 is 1.77 bits per heavy atom. The second-order valence-corrected chi connectivity index (χ2v) is 8.72. The van der Waals surface area contributed by atoms with E-state index in [1.807, 2.05) is 12.1 Å². The molecule has 1 aromatic carbocycles. The lowest BCUT2D eigenvalue weighted by atomic mass is 10.1. The highest BCUT2D eigenvalue weighted by Crippen LogP contribution is 2.28. The van der Waals surface area contributed by atoms with E-state index in [4.69, 9.17) is 0 Å². The maximum absolute atomic E-state index is 14.7. The Morgan fingerprint density at radius 1 is 1.06 bits per heavy atom. The number of aromatic amines is 1. The lowest BCUT2D eigenvalue weighted by molar-refractivity contribution is 0.138. The number of nitrogens with one attached hydrogen (secondary N) is 2. The van der Waals surface area contributed by atoms with Gasteiger partial charge in [0.1, 0.15) is 18.0 Å². The number of hydrogen-bond donors (Lipinski definition) is 2. The van der Waals surface area contributed by atoms with Crippen molar-refractivity contribution in [3.63, 3.8) is 0 Å². The maximum atomic E-state index is 14.7. The molecule has 0 atom stereocenters. The Kier molecular flexibility index (Phi) is 6.78. The molecule has 1 aliphatic rings. The van der Waals surface area contributed by atoms with Gasteiger partial charge in [-0.25, -0.2) is 19.3 Å². The molecule has 0 radical (unpaired) electrons. The number of H-pyrrole nitrogens is 1. The molecule has 180 valence electrons. The summed E-state index contributed by atoms with van der Waals surface area (Å²) in [5.74, 6) is -0.248. The second kappa shape index (κ2) is 10.3. The third-order valence-electron chi connectivity index (χ3n) is 6.54. The first-order chi connectivity index (χ1) is 17.1. The van der Waals surface area contributed by atoms with E-state index >= 15 is 0 Å². The normalized spacial score (nSPS) is 14.9. The first-order valence-corrected chi connectivity index (χ1v) is 11.9. The van der Waals surface area contributed by atoms with Crippen LogP contribution in [0.5, 0.6) is 0 Å². The van der Waals surface area contributed by atoms with Crippen LogP contribution >= 0.6 is 0 Å². The molecule has 0 spiro atoms. The Labute approximate surface area is 202 Å². The van der Waals surface area contributed by atoms with Gasteiger partial charge in [-0.05, 0) is 36.7 Å². The topological polar surface area (TPSA) is 90.0 Å². The van der Waals surface area contributed by atoms with Gasteiger partial charge in [-0.1, -0.05) is 19.1 Å². The van der Waals surface area contributed by atoms with Crippen molar-refractivity contribution in [2.45, 2.75) is 13.3 Å². The number of pyridine rings is 2. The van der Waals surface area contributed by atoms with Gasteiger partial charge in [0.15, 0.2) is 0 Å². The number of rotatable bonds is 7. The van der Waals surface area contributed by atoms with Crippen LogP contribution in [0.3, 0.4) is 0 Å². The van der Waals surface area contributed by atoms with E-state index in [2.05, 4.69) is 54.1 Å². The van der Waals surface area contributed by atoms with Crippen LogP contribution in [0.15, 0.2) is 60.0 Å². The van der Waals surface area contributed by atoms with Gasteiger partial charge in [-0.15, -0.1) is 0 Å². The van der Waals surface area contributed by atoms with E-state index in [1.165, 1.54) is 11.9 Å². The molecule has 1 fully saturated rings. The fraction of sp³-hybridized carbons (Fsp3) is 0.308. The summed E-state index contributed by atoms with van der Waals surface area (Å²) in [5, 5.41) is 3.57. The molecule has 0 amide bonds. The summed E-state index contributed by atoms with van der Waals surface area (Å²) >= 11 is 0. The van der Waals surface area contributed by atoms with E-state index in [0.717, 1.165) is 57.6 Å². The molecule has 0 unspecified atom stereocenters. The van der Waals surface area contributed by atoms with Crippen LogP contribution in [0.1, 0.15) is 12.5 Å². The zero-order chi connectivity index (χ0) is 24.2. The van der Waals surface area contributed by atoms with Gasteiger partial charge in [-0.3, -0.25) is 4.79 Å². The summed E-state index contributed by atoms with van der Waals surface area (Å²) in [6, 6.07) is 9.62. The number of halogens is 1. The van der Waals surface area contributed by atoms with Gasteiger partial charge >= 0.3 is 0 Å². The number of aromatic nitrogens is 4. The average molecular weight is 474 g/mol. The minimum absolute atomic E-state index is 0.167. The SMILES string of the molecule is CCN1CCN(CCc2ccc(Nc3nc(-c4cncnc4)cc4c(F)c[nH]c(=O)c34)cc2)CC1. The molecule has 35 heavy (non-hydrogen) atoms. The standard InChI is InChI=1S/C26H28FN7O/c1-2-33-9-11-34(12-10-33)8-7-18-3-5-20(6-4-18)31-25-24-21(22(27)16-30-26(24)35)13-23(32-25)19-14-28-17-29-15-19/h3-6,13-17H,2,7-12H2,1H3,(H,30,35)(H,31,32). The van der Waals surface area contributed by atoms with Crippen LogP contribution in [0, 0.1) is 5.82 Å². The predicted molar refractivity (Wildman–Crippen MR) is 135 cm³/mol. The summed E-state index contributed by atoms with van der Waals surface area (Å²) in [7, 11) is 0. The van der Waals surface area contributed by atoms with E-state index in [0.29, 0.717) is 11.3 Å². The largest absolute Gasteiger partial charge is 0.340 e. The van der Waals surface area contributed by atoms with Crippen molar-refractivity contribution < 1.29 is 4.39 Å². The fourth-order valence-corrected chi connectivity index (χ4v) is 4.42. The van der Waals surface area contributed by atoms with Gasteiger partial charge < -0.3 is 20.1 Å². The van der Waals surface area contributed by atoms with Crippen molar-refractivity contribution in [3.8, 4) is 11.3 Å². The molecule has 1 aliphatic heterocycles. The number of anilines is 2. The number of piperazine rings is 1. The lowest BCUT2D eigenvalue weighted by Gasteiger charge is -2.34. The molecule has 2 N–H and O–H groups in total. The zero-order valence-electron chi connectivity index (χ0n) is 19.7. The van der Waals surface area contributed by atoms with E-state index < -0.39 is 11.4 Å². The van der Waals surface area contributed by atoms with Crippen molar-refractivity contribution in [2.75, 3.05) is 44.6 Å². The summed E-state index contributed by atoms with van der Waals surface area (Å²) in [6.07, 6.45) is 6.67. The summed E-state index contributed by atoms with van der Waals surface area (Å²) in [6.45, 7) is 8.85. The fourth-order valence-electron chi connectivity index (χ4n) is 4.42. The summed E-state index contributed by atoms with van der Waals surface area (Å²) in [5.41, 5.74) is 2.71. The van der Waals surface area contributed by atoms with Crippen molar-refractivity contribution in [3.05, 3.63) is 77.0 Å². The van der Waals surface area contributed by atoms with Crippen LogP contribution in [0.2, 0.25) is 0 Å². The lowest BCUT2D eigenvalue weighted by Crippen LogP contribution is -2.46. The number of likely N-dealkylation sites (N-methyl/N-ethyl adjacent to an activating group) is 1. The Balaban J connectivity index is 1.36. The summed E-state index contributed by atoms with van der Waals surface area (Å²) in [4.78, 5) is 32.7. The van der Waals surface area contributed by atoms with Crippen molar-refractivity contribution in [2.24, 2.45) is 0 Å². The quantitative estimate of drug-likeness (QED) is 0.425. The van der Waals surface area contributed by atoms with E-state index in [1.54, 1.807) is 18.5 Å². The number of nitrogens with zero attached hydrogens (tertiary/aromatic N) is 5. The molecule has 4 aromatic rings. The molecule has 8 nitrogen and oxygen atoms in total. The molecule has 4 heterocycles. The molecular formula is C26H28FN7O. The van der Waals surface area contributed by atoms with Crippen LogP contribution < -0.4 is 10.9 Å². The first kappa shape index (κ1) is 23.1. The third kappa shape index (κ3) is 5.21. The van der Waals surface area contributed by atoms with Crippen molar-refractivity contribution in [1.82, 2.24) is 29.7 Å². The molecule has 0 bridgehead atoms. The first-order valence-electron chi connectivity index (χ1n) is 11.9. The number of fused-ring (bicyclic) bond motifs is 1. The van der Waals surface area contributed by atoms with Gasteiger partial charge in [0.25, 0.3) is 5.56 Å². The highest BCUT2D eigenvalue weighted by molar-refractivity contribution is 5.95. The number of benzene rings is 1. The van der Waals surface area contributed by atoms with Crippen LogP contribution in [0.4, 0.5) is 15.9 Å².